The lowest BCUT2D eigenvalue weighted by molar-refractivity contribution is -0.109. The first-order valence-corrected chi connectivity index (χ1v) is 9.23. The van der Waals surface area contributed by atoms with Gasteiger partial charge in [0.25, 0.3) is 0 Å². The van der Waals surface area contributed by atoms with Crippen LogP contribution in [0.25, 0.3) is 0 Å². The number of hydrogen-bond donors (Lipinski definition) is 1. The number of amides is 1. The van der Waals surface area contributed by atoms with Crippen LogP contribution in [0.3, 0.4) is 0 Å². The smallest absolute Gasteiger partial charge is 0.207 e. The van der Waals surface area contributed by atoms with Gasteiger partial charge in [-0.15, -0.1) is 0 Å². The van der Waals surface area contributed by atoms with Crippen LogP contribution in [0.5, 0.6) is 0 Å². The lowest BCUT2D eigenvalue weighted by atomic mass is 10.1. The van der Waals surface area contributed by atoms with Crippen LogP contribution in [-0.2, 0) is 4.79 Å². The second kappa shape index (κ2) is 19.2. The molecule has 0 heterocycles. The highest BCUT2D eigenvalue weighted by Gasteiger charge is 1.91. The van der Waals surface area contributed by atoms with Crippen molar-refractivity contribution in [1.29, 1.82) is 0 Å². The topological polar surface area (TPSA) is 29.1 Å². The number of carbonyl (C=O) groups excluding carboxylic acids is 1. The van der Waals surface area contributed by atoms with Gasteiger partial charge in [0, 0.05) is 6.54 Å². The molecule has 0 radical (unpaired) electrons. The van der Waals surface area contributed by atoms with Crippen molar-refractivity contribution in [2.75, 3.05) is 6.54 Å². The van der Waals surface area contributed by atoms with Crippen molar-refractivity contribution in [3.05, 3.63) is 12.2 Å². The van der Waals surface area contributed by atoms with Gasteiger partial charge in [0.15, 0.2) is 0 Å². The summed E-state index contributed by atoms with van der Waals surface area (Å²) in [5.74, 6) is 0. The van der Waals surface area contributed by atoms with E-state index in [0.717, 1.165) is 19.4 Å². The first kappa shape index (κ1) is 20.2. The Morgan fingerprint density at radius 1 is 0.667 bits per heavy atom. The van der Waals surface area contributed by atoms with E-state index >= 15 is 0 Å². The highest BCUT2D eigenvalue weighted by Crippen LogP contribution is 2.09. The summed E-state index contributed by atoms with van der Waals surface area (Å²) in [6, 6.07) is 0. The Hall–Kier alpha value is -0.790. The molecule has 2 nitrogen and oxygen atoms in total. The maximum absolute atomic E-state index is 10.0. The van der Waals surface area contributed by atoms with Crippen molar-refractivity contribution in [3.63, 3.8) is 0 Å². The summed E-state index contributed by atoms with van der Waals surface area (Å²) < 4.78 is 0. The van der Waals surface area contributed by atoms with Crippen molar-refractivity contribution >= 4 is 6.41 Å². The van der Waals surface area contributed by atoms with Gasteiger partial charge in [0.2, 0.25) is 6.41 Å². The Morgan fingerprint density at radius 2 is 1.14 bits per heavy atom. The molecule has 1 N–H and O–H groups in total. The van der Waals surface area contributed by atoms with Gasteiger partial charge in [-0.05, 0) is 32.1 Å². The standard InChI is InChI=1S/C19H37NO/c1-2-3-4-5-6-7-8-9-10-11-12-13-14-15-16-17-18-20-19-21/h9-10,19H,2-8,11-18H2,1H3,(H,20,21). The Morgan fingerprint density at radius 3 is 1.67 bits per heavy atom. The summed E-state index contributed by atoms with van der Waals surface area (Å²) in [4.78, 5) is 10.0. The molecule has 124 valence electrons. The van der Waals surface area contributed by atoms with Crippen molar-refractivity contribution < 1.29 is 4.79 Å². The van der Waals surface area contributed by atoms with E-state index in [4.69, 9.17) is 0 Å². The Kier molecular flexibility index (Phi) is 18.5. The van der Waals surface area contributed by atoms with Crippen molar-refractivity contribution in [1.82, 2.24) is 5.32 Å². The van der Waals surface area contributed by atoms with Crippen LogP contribution in [0, 0.1) is 0 Å². The van der Waals surface area contributed by atoms with Gasteiger partial charge < -0.3 is 5.32 Å². The van der Waals surface area contributed by atoms with Gasteiger partial charge in [-0.1, -0.05) is 76.9 Å². The van der Waals surface area contributed by atoms with Crippen LogP contribution in [0.1, 0.15) is 96.8 Å². The van der Waals surface area contributed by atoms with E-state index in [1.165, 1.54) is 83.5 Å². The van der Waals surface area contributed by atoms with Crippen LogP contribution < -0.4 is 5.32 Å². The monoisotopic (exact) mass is 295 g/mol. The molecule has 0 aliphatic carbocycles. The molecule has 0 spiro atoms. The Balaban J connectivity index is 3.03. The zero-order chi connectivity index (χ0) is 15.4. The fourth-order valence-electron chi connectivity index (χ4n) is 2.53. The molecule has 0 bridgehead atoms. The number of carbonyl (C=O) groups is 1. The van der Waals surface area contributed by atoms with E-state index in [0.29, 0.717) is 0 Å². The summed E-state index contributed by atoms with van der Waals surface area (Å²) in [6.45, 7) is 3.11. The molecule has 0 fully saturated rings. The predicted octanol–water partition coefficient (Wildman–Crippen LogP) is 5.77. The van der Waals surface area contributed by atoms with Crippen molar-refractivity contribution in [2.45, 2.75) is 96.8 Å². The summed E-state index contributed by atoms with van der Waals surface area (Å²) in [6.07, 6.45) is 24.1. The average molecular weight is 296 g/mol. The molecular formula is C19H37NO. The van der Waals surface area contributed by atoms with Gasteiger partial charge in [0.1, 0.15) is 0 Å². The summed E-state index contributed by atoms with van der Waals surface area (Å²) >= 11 is 0. The van der Waals surface area contributed by atoms with Crippen LogP contribution >= 0.6 is 0 Å². The van der Waals surface area contributed by atoms with Gasteiger partial charge in [0.05, 0.1) is 0 Å². The minimum absolute atomic E-state index is 0.789. The summed E-state index contributed by atoms with van der Waals surface area (Å²) in [5, 5.41) is 2.71. The van der Waals surface area contributed by atoms with E-state index in [9.17, 15) is 4.79 Å². The number of allylic oxidation sites excluding steroid dienone is 2. The molecule has 0 aromatic rings. The van der Waals surface area contributed by atoms with E-state index in [-0.39, 0.29) is 0 Å². The summed E-state index contributed by atoms with van der Waals surface area (Å²) in [7, 11) is 0. The quantitative estimate of drug-likeness (QED) is 0.206. The normalized spacial score (nSPS) is 11.1. The average Bonchev–Trinajstić information content (AvgIpc) is 2.50. The number of rotatable bonds is 17. The number of nitrogens with one attached hydrogen (secondary N) is 1. The minimum Gasteiger partial charge on any atom is -0.359 e. The molecule has 0 rings (SSSR count). The fraction of sp³-hybridized carbons (Fsp3) is 0.842. The molecule has 0 saturated carbocycles. The SMILES string of the molecule is CCCCCCCCC=CCCCCCCCCNC=O. The zero-order valence-electron chi connectivity index (χ0n) is 14.2. The second-order valence-corrected chi connectivity index (χ2v) is 6.01. The molecule has 2 heteroatoms. The molecule has 0 aliphatic rings. The highest BCUT2D eigenvalue weighted by atomic mass is 16.1. The van der Waals surface area contributed by atoms with E-state index < -0.39 is 0 Å². The lowest BCUT2D eigenvalue weighted by Crippen LogP contribution is -2.11. The maximum Gasteiger partial charge on any atom is 0.207 e. The van der Waals surface area contributed by atoms with Crippen LogP contribution in [0.4, 0.5) is 0 Å². The van der Waals surface area contributed by atoms with E-state index in [1.807, 2.05) is 0 Å². The van der Waals surface area contributed by atoms with E-state index in [2.05, 4.69) is 24.4 Å². The molecule has 0 aliphatic heterocycles. The number of unbranched alkanes of at least 4 members (excludes halogenated alkanes) is 12. The third kappa shape index (κ3) is 19.2. The molecular weight excluding hydrogens is 258 g/mol. The van der Waals surface area contributed by atoms with Crippen LogP contribution in [0.15, 0.2) is 12.2 Å². The van der Waals surface area contributed by atoms with Crippen LogP contribution in [0.2, 0.25) is 0 Å². The van der Waals surface area contributed by atoms with Gasteiger partial charge in [-0.25, -0.2) is 0 Å². The van der Waals surface area contributed by atoms with Gasteiger partial charge in [-0.3, -0.25) is 4.79 Å². The molecule has 1 amide bonds. The maximum atomic E-state index is 10.0. The summed E-state index contributed by atoms with van der Waals surface area (Å²) in [5.41, 5.74) is 0. The predicted molar refractivity (Wildman–Crippen MR) is 93.5 cm³/mol. The molecule has 0 aromatic heterocycles. The number of hydrogen-bond acceptors (Lipinski definition) is 1. The first-order valence-electron chi connectivity index (χ1n) is 9.23. The van der Waals surface area contributed by atoms with Crippen LogP contribution in [-0.4, -0.2) is 13.0 Å². The van der Waals surface area contributed by atoms with Gasteiger partial charge in [-0.2, -0.15) is 0 Å². The third-order valence-electron chi connectivity index (χ3n) is 3.92. The van der Waals surface area contributed by atoms with Gasteiger partial charge >= 0.3 is 0 Å². The van der Waals surface area contributed by atoms with Crippen molar-refractivity contribution in [2.24, 2.45) is 0 Å². The zero-order valence-corrected chi connectivity index (χ0v) is 14.2. The second-order valence-electron chi connectivity index (χ2n) is 6.01. The minimum atomic E-state index is 0.789. The molecule has 21 heavy (non-hydrogen) atoms. The Bertz CT molecular complexity index is 226. The molecule has 0 atom stereocenters. The fourth-order valence-corrected chi connectivity index (χ4v) is 2.53. The molecule has 0 unspecified atom stereocenters. The largest absolute Gasteiger partial charge is 0.359 e. The lowest BCUT2D eigenvalue weighted by Gasteiger charge is -2.00. The van der Waals surface area contributed by atoms with E-state index in [1.54, 1.807) is 0 Å². The third-order valence-corrected chi connectivity index (χ3v) is 3.92. The first-order chi connectivity index (χ1) is 10.4. The van der Waals surface area contributed by atoms with Crippen molar-refractivity contribution in [3.8, 4) is 0 Å². The molecule has 0 aromatic carbocycles. The highest BCUT2D eigenvalue weighted by molar-refractivity contribution is 5.45. The Labute approximate surface area is 132 Å². The molecule has 0 saturated heterocycles.